The van der Waals surface area contributed by atoms with Crippen LogP contribution in [0, 0.1) is 5.92 Å². The number of furan rings is 1. The first-order valence-electron chi connectivity index (χ1n) is 21.5. The van der Waals surface area contributed by atoms with Crippen molar-refractivity contribution in [2.75, 3.05) is 0 Å². The highest BCUT2D eigenvalue weighted by atomic mass is 16.3. The minimum Gasteiger partial charge on any atom is -0.455 e. The number of hydrogen-bond donors (Lipinski definition) is 0. The van der Waals surface area contributed by atoms with Crippen molar-refractivity contribution in [2.45, 2.75) is 31.6 Å². The second kappa shape index (κ2) is 14.4. The van der Waals surface area contributed by atoms with Crippen LogP contribution in [0.3, 0.4) is 0 Å². The summed E-state index contributed by atoms with van der Waals surface area (Å²) in [5.41, 5.74) is 17.7. The van der Waals surface area contributed by atoms with Crippen molar-refractivity contribution in [3.05, 3.63) is 222 Å². The van der Waals surface area contributed by atoms with Crippen molar-refractivity contribution in [1.82, 2.24) is 4.98 Å². The minimum atomic E-state index is 0.207. The van der Waals surface area contributed by atoms with Gasteiger partial charge in [0, 0.05) is 55.9 Å². The number of allylic oxidation sites excluding steroid dienone is 2. The van der Waals surface area contributed by atoms with E-state index in [0.29, 0.717) is 5.92 Å². The molecule has 0 N–H and O–H groups in total. The second-order valence-corrected chi connectivity index (χ2v) is 16.7. The van der Waals surface area contributed by atoms with Gasteiger partial charge in [-0.1, -0.05) is 177 Å². The standard InChI is InChI=1S/C58H42N2O/c1-36-51(35-42(59-56(36)39-14-4-2-5-15-39)29-30-47-45-20-10-8-18-43(45)44-19-9-11-21-46(44)47)38-26-24-37(25-27-38)41-28-33-54-52(34-41)48-31-32-50-55(58(48)61-54)49-22-12-13-23-53(49)60-57(50)40-16-6-3-7-17-40/h2-28,31-36,47,51H,29-30H2,1H3. The molecule has 2 aromatic heterocycles. The molecule has 0 saturated carbocycles. The summed E-state index contributed by atoms with van der Waals surface area (Å²) in [6, 6.07) is 67.8. The Balaban J connectivity index is 0.892. The molecule has 1 aliphatic heterocycles. The molecule has 3 heterocycles. The van der Waals surface area contributed by atoms with Gasteiger partial charge in [-0.25, -0.2) is 4.98 Å². The summed E-state index contributed by atoms with van der Waals surface area (Å²) in [6.45, 7) is 2.34. The van der Waals surface area contributed by atoms with Crippen LogP contribution in [0.4, 0.5) is 0 Å². The summed E-state index contributed by atoms with van der Waals surface area (Å²) in [6.07, 6.45) is 4.39. The Morgan fingerprint density at radius 2 is 1.16 bits per heavy atom. The van der Waals surface area contributed by atoms with Gasteiger partial charge in [-0.15, -0.1) is 0 Å². The fourth-order valence-corrected chi connectivity index (χ4v) is 10.3. The summed E-state index contributed by atoms with van der Waals surface area (Å²) < 4.78 is 6.76. The summed E-state index contributed by atoms with van der Waals surface area (Å²) in [5.74, 6) is 0.799. The maximum Gasteiger partial charge on any atom is 0.144 e. The van der Waals surface area contributed by atoms with Crippen LogP contribution in [0.1, 0.15) is 53.9 Å². The Kier molecular flexibility index (Phi) is 8.41. The number of benzene rings is 8. The highest BCUT2D eigenvalue weighted by Gasteiger charge is 2.31. The summed E-state index contributed by atoms with van der Waals surface area (Å²) in [5, 5.41) is 5.53. The zero-order chi connectivity index (χ0) is 40.4. The maximum absolute atomic E-state index is 6.76. The van der Waals surface area contributed by atoms with Gasteiger partial charge < -0.3 is 4.42 Å². The second-order valence-electron chi connectivity index (χ2n) is 16.7. The molecule has 12 rings (SSSR count). The molecule has 0 spiro atoms. The van der Waals surface area contributed by atoms with Gasteiger partial charge in [-0.2, -0.15) is 0 Å². The lowest BCUT2D eigenvalue weighted by molar-refractivity contribution is 0.641. The Morgan fingerprint density at radius 1 is 0.525 bits per heavy atom. The average molecular weight is 783 g/mol. The van der Waals surface area contributed by atoms with Crippen molar-refractivity contribution < 1.29 is 4.42 Å². The molecule has 0 bridgehead atoms. The van der Waals surface area contributed by atoms with Gasteiger partial charge in [-0.05, 0) is 81.6 Å². The summed E-state index contributed by atoms with van der Waals surface area (Å²) in [4.78, 5) is 10.6. The number of rotatable bonds is 7. The van der Waals surface area contributed by atoms with E-state index in [9.17, 15) is 0 Å². The average Bonchev–Trinajstić information content (AvgIpc) is 3.86. The highest BCUT2D eigenvalue weighted by Crippen LogP contribution is 2.48. The van der Waals surface area contributed by atoms with Gasteiger partial charge in [0.15, 0.2) is 0 Å². The van der Waals surface area contributed by atoms with Crippen molar-refractivity contribution in [3.63, 3.8) is 0 Å². The van der Waals surface area contributed by atoms with E-state index in [1.54, 1.807) is 0 Å². The Bertz CT molecular complexity index is 3330. The molecule has 8 aromatic carbocycles. The first kappa shape index (κ1) is 35.6. The Morgan fingerprint density at radius 3 is 1.92 bits per heavy atom. The third kappa shape index (κ3) is 5.95. The first-order chi connectivity index (χ1) is 30.2. The topological polar surface area (TPSA) is 38.4 Å². The van der Waals surface area contributed by atoms with Crippen LogP contribution in [0.15, 0.2) is 209 Å². The molecule has 0 fully saturated rings. The van der Waals surface area contributed by atoms with E-state index >= 15 is 0 Å². The van der Waals surface area contributed by atoms with E-state index in [2.05, 4.69) is 195 Å². The number of aliphatic imine (C=N–C) groups is 1. The maximum atomic E-state index is 6.76. The fourth-order valence-electron chi connectivity index (χ4n) is 10.3. The highest BCUT2D eigenvalue weighted by molar-refractivity contribution is 6.25. The normalized spacial score (nSPS) is 16.2. The van der Waals surface area contributed by atoms with Crippen LogP contribution in [0.5, 0.6) is 0 Å². The van der Waals surface area contributed by atoms with Crippen molar-refractivity contribution in [3.8, 4) is 33.5 Å². The van der Waals surface area contributed by atoms with Gasteiger partial charge in [0.1, 0.15) is 11.2 Å². The number of fused-ring (bicyclic) bond motifs is 10. The molecule has 2 atom stereocenters. The predicted octanol–water partition coefficient (Wildman–Crippen LogP) is 15.3. The molecular formula is C58H42N2O. The lowest BCUT2D eigenvalue weighted by Gasteiger charge is -2.29. The van der Waals surface area contributed by atoms with E-state index in [4.69, 9.17) is 14.4 Å². The summed E-state index contributed by atoms with van der Waals surface area (Å²) in [7, 11) is 0. The molecule has 2 unspecified atom stereocenters. The molecule has 290 valence electrons. The zero-order valence-electron chi connectivity index (χ0n) is 33.9. The zero-order valence-corrected chi connectivity index (χ0v) is 33.9. The van der Waals surface area contributed by atoms with Crippen LogP contribution in [0.2, 0.25) is 0 Å². The molecule has 0 saturated heterocycles. The van der Waals surface area contributed by atoms with Crippen LogP contribution in [-0.2, 0) is 0 Å². The lowest BCUT2D eigenvalue weighted by Crippen LogP contribution is -2.23. The van der Waals surface area contributed by atoms with Crippen molar-refractivity contribution >= 4 is 49.3 Å². The van der Waals surface area contributed by atoms with Gasteiger partial charge in [0.05, 0.1) is 16.9 Å². The molecule has 61 heavy (non-hydrogen) atoms. The molecule has 10 aromatic rings. The number of aromatic nitrogens is 1. The van der Waals surface area contributed by atoms with Gasteiger partial charge >= 0.3 is 0 Å². The van der Waals surface area contributed by atoms with Crippen LogP contribution in [-0.4, -0.2) is 10.7 Å². The van der Waals surface area contributed by atoms with Crippen LogP contribution >= 0.6 is 0 Å². The molecule has 3 nitrogen and oxygen atoms in total. The molecular weight excluding hydrogens is 741 g/mol. The van der Waals surface area contributed by atoms with E-state index in [1.807, 2.05) is 6.07 Å². The van der Waals surface area contributed by atoms with Crippen LogP contribution in [0.25, 0.3) is 77.1 Å². The number of nitrogens with zero attached hydrogens (tertiary/aromatic N) is 2. The third-order valence-electron chi connectivity index (χ3n) is 13.3. The van der Waals surface area contributed by atoms with E-state index in [0.717, 1.165) is 67.7 Å². The largest absolute Gasteiger partial charge is 0.455 e. The van der Waals surface area contributed by atoms with E-state index in [1.165, 1.54) is 55.9 Å². The number of pyridine rings is 1. The van der Waals surface area contributed by atoms with Crippen molar-refractivity contribution in [2.24, 2.45) is 10.9 Å². The number of hydrogen-bond acceptors (Lipinski definition) is 3. The van der Waals surface area contributed by atoms with Crippen LogP contribution < -0.4 is 0 Å². The van der Waals surface area contributed by atoms with E-state index < -0.39 is 0 Å². The molecule has 2 aliphatic rings. The summed E-state index contributed by atoms with van der Waals surface area (Å²) >= 11 is 0. The lowest BCUT2D eigenvalue weighted by atomic mass is 9.78. The number of para-hydroxylation sites is 1. The Labute approximate surface area is 355 Å². The van der Waals surface area contributed by atoms with Gasteiger partial charge in [0.25, 0.3) is 0 Å². The smallest absolute Gasteiger partial charge is 0.144 e. The Hall–Kier alpha value is -7.36. The quantitative estimate of drug-likeness (QED) is 0.151. The molecule has 3 heteroatoms. The molecule has 0 radical (unpaired) electrons. The SMILES string of the molecule is CC1C(c2ccccc2)=NC(CCC2c3ccccc3-c3ccccc32)=CC1c1ccc(-c2ccc3oc4c(ccc5c(-c6ccccc6)nc6ccccc6c54)c3c2)cc1. The predicted molar refractivity (Wildman–Crippen MR) is 253 cm³/mol. The first-order valence-corrected chi connectivity index (χ1v) is 21.5. The molecule has 1 aliphatic carbocycles. The van der Waals surface area contributed by atoms with E-state index in [-0.39, 0.29) is 11.8 Å². The van der Waals surface area contributed by atoms with Gasteiger partial charge in [0.2, 0.25) is 0 Å². The monoisotopic (exact) mass is 782 g/mol. The fraction of sp³-hybridized carbons (Fsp3) is 0.103. The molecule has 0 amide bonds. The van der Waals surface area contributed by atoms with Crippen molar-refractivity contribution in [1.29, 1.82) is 0 Å². The minimum absolute atomic E-state index is 0.207. The van der Waals surface area contributed by atoms with Gasteiger partial charge in [-0.3, -0.25) is 4.99 Å². The third-order valence-corrected chi connectivity index (χ3v) is 13.3.